The van der Waals surface area contributed by atoms with E-state index in [2.05, 4.69) is 22.5 Å². The lowest BCUT2D eigenvalue weighted by Gasteiger charge is -2.17. The molecule has 17 heavy (non-hydrogen) atoms. The first-order valence-electron chi connectivity index (χ1n) is 5.65. The van der Waals surface area contributed by atoms with Gasteiger partial charge in [0.2, 0.25) is 0 Å². The van der Waals surface area contributed by atoms with Gasteiger partial charge in [0.15, 0.2) is 0 Å². The lowest BCUT2D eigenvalue weighted by atomic mass is 10.1. The number of nitrogens with zero attached hydrogens (tertiary/aromatic N) is 4. The predicted molar refractivity (Wildman–Crippen MR) is 65.0 cm³/mol. The molecule has 0 aromatic carbocycles. The molecule has 0 bridgehead atoms. The van der Waals surface area contributed by atoms with Crippen molar-refractivity contribution >= 4 is 0 Å². The molecule has 92 valence electrons. The molecule has 2 aromatic rings. The topological polar surface area (TPSA) is 73.7 Å². The number of hydrazine groups is 1. The summed E-state index contributed by atoms with van der Waals surface area (Å²) in [6, 6.07) is 3.90. The summed E-state index contributed by atoms with van der Waals surface area (Å²) in [5, 5.41) is 8.59. The number of aromatic nitrogens is 4. The number of nitrogens with one attached hydrogen (secondary N) is 1. The maximum atomic E-state index is 5.67. The van der Waals surface area contributed by atoms with Crippen LogP contribution in [-0.4, -0.2) is 19.6 Å². The molecule has 2 heterocycles. The van der Waals surface area contributed by atoms with Crippen molar-refractivity contribution in [3.05, 3.63) is 35.4 Å². The van der Waals surface area contributed by atoms with E-state index in [1.807, 2.05) is 35.5 Å². The lowest BCUT2D eigenvalue weighted by molar-refractivity contribution is 0.515. The summed E-state index contributed by atoms with van der Waals surface area (Å²) in [6.07, 6.45) is 1.78. The number of nitrogens with two attached hydrogens (primary N) is 1. The first-order chi connectivity index (χ1) is 8.17. The van der Waals surface area contributed by atoms with Gasteiger partial charge >= 0.3 is 0 Å². The summed E-state index contributed by atoms with van der Waals surface area (Å²) in [4.78, 5) is 0. The second-order valence-corrected chi connectivity index (χ2v) is 4.01. The van der Waals surface area contributed by atoms with E-state index in [0.29, 0.717) is 0 Å². The normalized spacial score (nSPS) is 12.9. The number of rotatable bonds is 4. The Morgan fingerprint density at radius 1 is 1.47 bits per heavy atom. The van der Waals surface area contributed by atoms with Crippen LogP contribution < -0.4 is 11.3 Å². The Morgan fingerprint density at radius 2 is 2.24 bits per heavy atom. The molecule has 1 atom stereocenters. The van der Waals surface area contributed by atoms with Crippen LogP contribution in [0, 0.1) is 6.92 Å². The molecule has 2 rings (SSSR count). The smallest absolute Gasteiger partial charge is 0.104 e. The van der Waals surface area contributed by atoms with Crippen molar-refractivity contribution in [3.63, 3.8) is 0 Å². The van der Waals surface area contributed by atoms with Gasteiger partial charge < -0.3 is 0 Å². The van der Waals surface area contributed by atoms with Gasteiger partial charge in [-0.3, -0.25) is 15.2 Å². The van der Waals surface area contributed by atoms with Crippen LogP contribution in [0.4, 0.5) is 0 Å². The Hall–Kier alpha value is -1.66. The summed E-state index contributed by atoms with van der Waals surface area (Å²) < 4.78 is 3.76. The largest absolute Gasteiger partial charge is 0.270 e. The van der Waals surface area contributed by atoms with Crippen LogP contribution in [0.1, 0.15) is 30.0 Å². The van der Waals surface area contributed by atoms with Crippen molar-refractivity contribution in [2.24, 2.45) is 12.9 Å². The van der Waals surface area contributed by atoms with Crippen LogP contribution in [-0.2, 0) is 13.6 Å². The van der Waals surface area contributed by atoms with Crippen molar-refractivity contribution in [1.29, 1.82) is 0 Å². The molecule has 0 amide bonds. The molecular weight excluding hydrogens is 216 g/mol. The van der Waals surface area contributed by atoms with Gasteiger partial charge in [0, 0.05) is 19.8 Å². The molecule has 0 aliphatic heterocycles. The van der Waals surface area contributed by atoms with Gasteiger partial charge in [-0.1, -0.05) is 0 Å². The molecule has 0 radical (unpaired) electrons. The average Bonchev–Trinajstić information content (AvgIpc) is 2.88. The monoisotopic (exact) mass is 234 g/mol. The van der Waals surface area contributed by atoms with Gasteiger partial charge in [0.25, 0.3) is 0 Å². The average molecular weight is 234 g/mol. The van der Waals surface area contributed by atoms with Gasteiger partial charge in [-0.05, 0) is 26.0 Å². The molecule has 0 spiro atoms. The third kappa shape index (κ3) is 2.09. The predicted octanol–water partition coefficient (Wildman–Crippen LogP) is 0.498. The molecule has 1 unspecified atom stereocenters. The van der Waals surface area contributed by atoms with Gasteiger partial charge in [-0.2, -0.15) is 10.2 Å². The standard InChI is InChI=1S/C11H18N6/c1-4-17-9(5-6-13-17)11(14-12)10-7-8(2)15-16(10)3/h5-7,11,14H,4,12H2,1-3H3. The van der Waals surface area contributed by atoms with Gasteiger partial charge in [-0.25, -0.2) is 5.43 Å². The van der Waals surface area contributed by atoms with Crippen molar-refractivity contribution in [1.82, 2.24) is 25.0 Å². The van der Waals surface area contributed by atoms with Crippen LogP contribution in [0.25, 0.3) is 0 Å². The van der Waals surface area contributed by atoms with Gasteiger partial charge in [0.05, 0.1) is 17.1 Å². The Labute approximate surface area is 100 Å². The summed E-state index contributed by atoms with van der Waals surface area (Å²) >= 11 is 0. The third-order valence-electron chi connectivity index (χ3n) is 2.85. The lowest BCUT2D eigenvalue weighted by Crippen LogP contribution is -2.32. The van der Waals surface area contributed by atoms with E-state index < -0.39 is 0 Å². The van der Waals surface area contributed by atoms with Crippen molar-refractivity contribution < 1.29 is 0 Å². The maximum absolute atomic E-state index is 5.67. The van der Waals surface area contributed by atoms with E-state index in [1.165, 1.54) is 0 Å². The van der Waals surface area contributed by atoms with Crippen LogP contribution in [0.15, 0.2) is 18.3 Å². The van der Waals surface area contributed by atoms with Crippen LogP contribution in [0.2, 0.25) is 0 Å². The molecule has 3 N–H and O–H groups in total. The Bertz CT molecular complexity index is 498. The van der Waals surface area contributed by atoms with E-state index in [1.54, 1.807) is 6.20 Å². The fraction of sp³-hybridized carbons (Fsp3) is 0.455. The molecule has 6 nitrogen and oxygen atoms in total. The Balaban J connectivity index is 2.43. The highest BCUT2D eigenvalue weighted by Gasteiger charge is 2.20. The zero-order chi connectivity index (χ0) is 12.4. The van der Waals surface area contributed by atoms with Gasteiger partial charge in [-0.15, -0.1) is 0 Å². The molecule has 2 aromatic heterocycles. The molecule has 6 heteroatoms. The van der Waals surface area contributed by atoms with E-state index in [9.17, 15) is 0 Å². The summed E-state index contributed by atoms with van der Waals surface area (Å²) in [5.74, 6) is 5.67. The number of aryl methyl sites for hydroxylation is 3. The molecule has 0 aliphatic rings. The second kappa shape index (κ2) is 4.68. The highest BCUT2D eigenvalue weighted by atomic mass is 15.3. The summed E-state index contributed by atoms with van der Waals surface area (Å²) in [6.45, 7) is 4.84. The van der Waals surface area contributed by atoms with Crippen LogP contribution in [0.5, 0.6) is 0 Å². The summed E-state index contributed by atoms with van der Waals surface area (Å²) in [5.41, 5.74) is 5.87. The Morgan fingerprint density at radius 3 is 2.76 bits per heavy atom. The van der Waals surface area contributed by atoms with E-state index in [-0.39, 0.29) is 6.04 Å². The fourth-order valence-corrected chi connectivity index (χ4v) is 2.08. The maximum Gasteiger partial charge on any atom is 0.104 e. The highest BCUT2D eigenvalue weighted by Crippen LogP contribution is 2.21. The molecule has 0 saturated heterocycles. The first kappa shape index (κ1) is 11.8. The van der Waals surface area contributed by atoms with E-state index in [0.717, 1.165) is 23.6 Å². The minimum absolute atomic E-state index is 0.0938. The molecule has 0 aliphatic carbocycles. The zero-order valence-electron chi connectivity index (χ0n) is 10.4. The third-order valence-corrected chi connectivity index (χ3v) is 2.85. The molecule has 0 saturated carbocycles. The minimum atomic E-state index is -0.0938. The fourth-order valence-electron chi connectivity index (χ4n) is 2.08. The van der Waals surface area contributed by atoms with Crippen LogP contribution in [0.3, 0.4) is 0 Å². The molecule has 0 fully saturated rings. The van der Waals surface area contributed by atoms with Gasteiger partial charge in [0.1, 0.15) is 6.04 Å². The van der Waals surface area contributed by atoms with Crippen molar-refractivity contribution in [2.75, 3.05) is 0 Å². The zero-order valence-corrected chi connectivity index (χ0v) is 10.4. The SMILES string of the molecule is CCn1nccc1C(NN)c1cc(C)nn1C. The van der Waals surface area contributed by atoms with Crippen molar-refractivity contribution in [3.8, 4) is 0 Å². The minimum Gasteiger partial charge on any atom is -0.270 e. The number of hydrogen-bond acceptors (Lipinski definition) is 4. The Kier molecular flexibility index (Phi) is 3.26. The second-order valence-electron chi connectivity index (χ2n) is 4.01. The summed E-state index contributed by atoms with van der Waals surface area (Å²) in [7, 11) is 1.92. The quantitative estimate of drug-likeness (QED) is 0.596. The van der Waals surface area contributed by atoms with E-state index in [4.69, 9.17) is 5.84 Å². The highest BCUT2D eigenvalue weighted by molar-refractivity contribution is 5.23. The van der Waals surface area contributed by atoms with E-state index >= 15 is 0 Å². The van der Waals surface area contributed by atoms with Crippen LogP contribution >= 0.6 is 0 Å². The first-order valence-corrected chi connectivity index (χ1v) is 5.65. The molecular formula is C11H18N6. The van der Waals surface area contributed by atoms with Crippen molar-refractivity contribution in [2.45, 2.75) is 26.4 Å². The number of hydrogen-bond donors (Lipinski definition) is 2.